The second-order valence-electron chi connectivity index (χ2n) is 4.18. The van der Waals surface area contributed by atoms with Crippen LogP contribution in [0.3, 0.4) is 0 Å². The summed E-state index contributed by atoms with van der Waals surface area (Å²) in [5, 5.41) is 9.00. The molecular weight excluding hydrogens is 208 g/mol. The summed E-state index contributed by atoms with van der Waals surface area (Å²) < 4.78 is 5.31. The summed E-state index contributed by atoms with van der Waals surface area (Å²) in [5.74, 6) is 0.0218. The third kappa shape index (κ3) is 3.43. The van der Waals surface area contributed by atoms with Crippen molar-refractivity contribution in [1.29, 1.82) is 0 Å². The Morgan fingerprint density at radius 2 is 2.44 bits per heavy atom. The number of aliphatic hydroxyl groups is 1. The lowest BCUT2D eigenvalue weighted by atomic mass is 10.0. The average Bonchev–Trinajstić information content (AvgIpc) is 2.35. The highest BCUT2D eigenvalue weighted by molar-refractivity contribution is 5.79. The smallest absolute Gasteiger partial charge is 0.227 e. The van der Waals surface area contributed by atoms with Crippen LogP contribution in [0.25, 0.3) is 0 Å². The van der Waals surface area contributed by atoms with Crippen molar-refractivity contribution in [2.45, 2.75) is 25.9 Å². The molecule has 1 fully saturated rings. The standard InChI is InChI=1S/C11H22N2O3/c1-2-3-9(6-12)11(15)13-4-5-16-10(7-13)8-14/h9-10,14H,2-8,12H2,1H3. The van der Waals surface area contributed by atoms with Crippen LogP contribution < -0.4 is 5.73 Å². The maximum absolute atomic E-state index is 12.1. The van der Waals surface area contributed by atoms with E-state index in [2.05, 4.69) is 0 Å². The minimum Gasteiger partial charge on any atom is -0.394 e. The van der Waals surface area contributed by atoms with Crippen molar-refractivity contribution >= 4 is 5.91 Å². The first-order valence-electron chi connectivity index (χ1n) is 5.94. The maximum atomic E-state index is 12.1. The van der Waals surface area contributed by atoms with E-state index in [1.165, 1.54) is 0 Å². The fourth-order valence-electron chi connectivity index (χ4n) is 1.98. The first-order valence-corrected chi connectivity index (χ1v) is 5.94. The molecule has 1 aliphatic heterocycles. The van der Waals surface area contributed by atoms with Gasteiger partial charge in [-0.2, -0.15) is 0 Å². The van der Waals surface area contributed by atoms with Crippen molar-refractivity contribution < 1.29 is 14.6 Å². The lowest BCUT2D eigenvalue weighted by Gasteiger charge is -2.34. The SMILES string of the molecule is CCCC(CN)C(=O)N1CCOC(CO)C1. The molecule has 2 atom stereocenters. The van der Waals surface area contributed by atoms with Gasteiger partial charge in [0, 0.05) is 19.6 Å². The Hall–Kier alpha value is -0.650. The van der Waals surface area contributed by atoms with Crippen LogP contribution in [0.2, 0.25) is 0 Å². The zero-order valence-electron chi connectivity index (χ0n) is 9.89. The Morgan fingerprint density at radius 1 is 1.69 bits per heavy atom. The van der Waals surface area contributed by atoms with E-state index in [0.29, 0.717) is 26.2 Å². The number of hydrogen-bond acceptors (Lipinski definition) is 4. The van der Waals surface area contributed by atoms with Gasteiger partial charge in [0.2, 0.25) is 5.91 Å². The van der Waals surface area contributed by atoms with Gasteiger partial charge < -0.3 is 20.5 Å². The molecule has 1 heterocycles. The summed E-state index contributed by atoms with van der Waals surface area (Å²) in [6.45, 7) is 4.00. The number of morpholine rings is 1. The highest BCUT2D eigenvalue weighted by atomic mass is 16.5. The molecule has 0 radical (unpaired) electrons. The fourth-order valence-corrected chi connectivity index (χ4v) is 1.98. The molecule has 1 rings (SSSR count). The van der Waals surface area contributed by atoms with E-state index < -0.39 is 0 Å². The molecule has 1 saturated heterocycles. The van der Waals surface area contributed by atoms with E-state index in [-0.39, 0.29) is 24.5 Å². The molecule has 1 aliphatic rings. The topological polar surface area (TPSA) is 75.8 Å². The van der Waals surface area contributed by atoms with Crippen LogP contribution in [-0.4, -0.2) is 54.9 Å². The predicted molar refractivity (Wildman–Crippen MR) is 60.9 cm³/mol. The Balaban J connectivity index is 2.51. The molecule has 0 aromatic rings. The van der Waals surface area contributed by atoms with E-state index >= 15 is 0 Å². The highest BCUT2D eigenvalue weighted by Gasteiger charge is 2.27. The van der Waals surface area contributed by atoms with Gasteiger partial charge in [-0.05, 0) is 6.42 Å². The van der Waals surface area contributed by atoms with Crippen LogP contribution in [0.1, 0.15) is 19.8 Å². The summed E-state index contributed by atoms with van der Waals surface area (Å²) in [6, 6.07) is 0. The van der Waals surface area contributed by atoms with E-state index in [1.807, 2.05) is 6.92 Å². The van der Waals surface area contributed by atoms with Gasteiger partial charge in [0.1, 0.15) is 0 Å². The van der Waals surface area contributed by atoms with Crippen molar-refractivity contribution in [2.24, 2.45) is 11.7 Å². The summed E-state index contributed by atoms with van der Waals surface area (Å²) in [6.07, 6.45) is 1.55. The Labute approximate surface area is 96.6 Å². The zero-order valence-corrected chi connectivity index (χ0v) is 9.89. The van der Waals surface area contributed by atoms with Crippen molar-refractivity contribution in [3.63, 3.8) is 0 Å². The van der Waals surface area contributed by atoms with Crippen LogP contribution in [0.15, 0.2) is 0 Å². The minimum atomic E-state index is -0.238. The van der Waals surface area contributed by atoms with E-state index in [9.17, 15) is 4.79 Å². The lowest BCUT2D eigenvalue weighted by Crippen LogP contribution is -2.49. The van der Waals surface area contributed by atoms with Gasteiger partial charge in [0.25, 0.3) is 0 Å². The third-order valence-electron chi connectivity index (χ3n) is 2.92. The Kier molecular flexibility index (Phi) is 5.73. The first kappa shape index (κ1) is 13.4. The molecule has 5 nitrogen and oxygen atoms in total. The molecule has 0 saturated carbocycles. The number of carbonyl (C=O) groups excluding carboxylic acids is 1. The molecule has 2 unspecified atom stereocenters. The summed E-state index contributed by atoms with van der Waals surface area (Å²) in [5.41, 5.74) is 5.61. The molecule has 0 aliphatic carbocycles. The number of carbonyl (C=O) groups is 1. The van der Waals surface area contributed by atoms with E-state index in [0.717, 1.165) is 12.8 Å². The fraction of sp³-hybridized carbons (Fsp3) is 0.909. The number of hydrogen-bond donors (Lipinski definition) is 2. The predicted octanol–water partition coefficient (Wildman–Crippen LogP) is -0.419. The highest BCUT2D eigenvalue weighted by Crippen LogP contribution is 2.13. The van der Waals surface area contributed by atoms with Crippen molar-refractivity contribution in [3.05, 3.63) is 0 Å². The molecule has 5 heteroatoms. The summed E-state index contributed by atoms with van der Waals surface area (Å²) >= 11 is 0. The van der Waals surface area contributed by atoms with Gasteiger partial charge in [0.15, 0.2) is 0 Å². The number of amides is 1. The maximum Gasteiger partial charge on any atom is 0.227 e. The van der Waals surface area contributed by atoms with Gasteiger partial charge in [-0.15, -0.1) is 0 Å². The van der Waals surface area contributed by atoms with Crippen LogP contribution in [0.4, 0.5) is 0 Å². The molecular formula is C11H22N2O3. The van der Waals surface area contributed by atoms with Crippen molar-refractivity contribution in [3.8, 4) is 0 Å². The molecule has 0 aromatic heterocycles. The third-order valence-corrected chi connectivity index (χ3v) is 2.92. The monoisotopic (exact) mass is 230 g/mol. The molecule has 94 valence electrons. The van der Waals surface area contributed by atoms with Gasteiger partial charge >= 0.3 is 0 Å². The molecule has 0 aromatic carbocycles. The normalized spacial score (nSPS) is 23.2. The van der Waals surface area contributed by atoms with Crippen LogP contribution in [0, 0.1) is 5.92 Å². The molecule has 1 amide bonds. The van der Waals surface area contributed by atoms with Gasteiger partial charge in [0.05, 0.1) is 25.2 Å². The second-order valence-corrected chi connectivity index (χ2v) is 4.18. The number of nitrogens with zero attached hydrogens (tertiary/aromatic N) is 1. The van der Waals surface area contributed by atoms with Crippen molar-refractivity contribution in [2.75, 3.05) is 32.8 Å². The minimum absolute atomic E-state index is 0.0369. The average molecular weight is 230 g/mol. The van der Waals surface area contributed by atoms with E-state index in [1.54, 1.807) is 4.90 Å². The van der Waals surface area contributed by atoms with Crippen molar-refractivity contribution in [1.82, 2.24) is 4.90 Å². The number of ether oxygens (including phenoxy) is 1. The van der Waals surface area contributed by atoms with Crippen LogP contribution in [0.5, 0.6) is 0 Å². The molecule has 16 heavy (non-hydrogen) atoms. The zero-order chi connectivity index (χ0) is 12.0. The largest absolute Gasteiger partial charge is 0.394 e. The first-order chi connectivity index (χ1) is 7.72. The molecule has 3 N–H and O–H groups in total. The van der Waals surface area contributed by atoms with Crippen LogP contribution >= 0.6 is 0 Å². The lowest BCUT2D eigenvalue weighted by molar-refractivity contribution is -0.144. The Bertz CT molecular complexity index is 223. The van der Waals surface area contributed by atoms with E-state index in [4.69, 9.17) is 15.6 Å². The quantitative estimate of drug-likeness (QED) is 0.672. The molecule has 0 bridgehead atoms. The summed E-state index contributed by atoms with van der Waals surface area (Å²) in [4.78, 5) is 13.9. The summed E-state index contributed by atoms with van der Waals surface area (Å²) in [7, 11) is 0. The Morgan fingerprint density at radius 3 is 3.00 bits per heavy atom. The number of rotatable bonds is 5. The molecule has 0 spiro atoms. The second kappa shape index (κ2) is 6.83. The number of aliphatic hydroxyl groups excluding tert-OH is 1. The van der Waals surface area contributed by atoms with Gasteiger partial charge in [-0.3, -0.25) is 4.79 Å². The number of nitrogens with two attached hydrogens (primary N) is 1. The van der Waals surface area contributed by atoms with Gasteiger partial charge in [-0.25, -0.2) is 0 Å². The van der Waals surface area contributed by atoms with Crippen LogP contribution in [-0.2, 0) is 9.53 Å². The van der Waals surface area contributed by atoms with Gasteiger partial charge in [-0.1, -0.05) is 13.3 Å².